The fourth-order valence-corrected chi connectivity index (χ4v) is 4.94. The molecule has 1 heterocycles. The van der Waals surface area contributed by atoms with Gasteiger partial charge in [-0.1, -0.05) is 43.5 Å². The Morgan fingerprint density at radius 2 is 1.72 bits per heavy atom. The molecule has 6 heteroatoms. The standard InChI is InChI=1S/C17H24N2O3.C13H15N/c1-11-5-6-13(12(2)20)9-15(11)19-16(21)18-14-7-8-22-17(3,4)10-14;14-10-11-6-8-13(9-7-11)12-4-2-1-3-5-12/h5-6,9,14H,7-8,10H2,1-4H3,(H2,18,19,21);6-9,12H,1-5H2. The van der Waals surface area contributed by atoms with Gasteiger partial charge in [-0.25, -0.2) is 4.79 Å². The van der Waals surface area contributed by atoms with Gasteiger partial charge in [0.1, 0.15) is 0 Å². The molecule has 2 N–H and O–H groups in total. The van der Waals surface area contributed by atoms with Gasteiger partial charge in [-0.05, 0) is 88.6 Å². The third-order valence-corrected chi connectivity index (χ3v) is 7.04. The lowest BCUT2D eigenvalue weighted by atomic mass is 9.84. The zero-order valence-corrected chi connectivity index (χ0v) is 22.0. The van der Waals surface area contributed by atoms with Gasteiger partial charge in [0.15, 0.2) is 5.78 Å². The molecule has 1 atom stereocenters. The zero-order valence-electron chi connectivity index (χ0n) is 22.0. The molecule has 2 fully saturated rings. The Balaban J connectivity index is 0.000000221. The number of Topliss-reactive ketones (excluding diaryl/α,β-unsaturated/α-hetero) is 1. The number of ketones is 1. The van der Waals surface area contributed by atoms with E-state index in [0.717, 1.165) is 29.9 Å². The van der Waals surface area contributed by atoms with Crippen molar-refractivity contribution in [2.75, 3.05) is 11.9 Å². The molecule has 192 valence electrons. The first-order valence-corrected chi connectivity index (χ1v) is 13.0. The van der Waals surface area contributed by atoms with E-state index < -0.39 is 0 Å². The van der Waals surface area contributed by atoms with Crippen molar-refractivity contribution in [3.8, 4) is 6.07 Å². The highest BCUT2D eigenvalue weighted by Crippen LogP contribution is 2.32. The molecule has 4 rings (SSSR count). The second-order valence-electron chi connectivity index (χ2n) is 10.6. The van der Waals surface area contributed by atoms with Gasteiger partial charge >= 0.3 is 6.03 Å². The maximum atomic E-state index is 12.2. The van der Waals surface area contributed by atoms with Gasteiger partial charge in [0.25, 0.3) is 0 Å². The number of carbonyl (C=O) groups is 2. The van der Waals surface area contributed by atoms with Gasteiger partial charge < -0.3 is 15.4 Å². The molecule has 0 aromatic heterocycles. The third kappa shape index (κ3) is 8.20. The number of nitrogens with zero attached hydrogens (tertiary/aromatic N) is 1. The van der Waals surface area contributed by atoms with Crippen LogP contribution in [0.1, 0.15) is 98.7 Å². The van der Waals surface area contributed by atoms with Crippen molar-refractivity contribution in [2.45, 2.75) is 90.2 Å². The van der Waals surface area contributed by atoms with Crippen LogP contribution in [0.2, 0.25) is 0 Å². The molecule has 2 aromatic carbocycles. The molecule has 1 saturated carbocycles. The van der Waals surface area contributed by atoms with Crippen molar-refractivity contribution in [1.29, 1.82) is 5.26 Å². The molecule has 0 radical (unpaired) electrons. The number of ether oxygens (including phenoxy) is 1. The van der Waals surface area contributed by atoms with Crippen LogP contribution < -0.4 is 10.6 Å². The SMILES string of the molecule is CC(=O)c1ccc(C)c(NC(=O)NC2CCOC(C)(C)C2)c1.N#Cc1ccc(C2CCCCC2)cc1. The number of aryl methyl sites for hydroxylation is 1. The predicted octanol–water partition coefficient (Wildman–Crippen LogP) is 6.88. The minimum Gasteiger partial charge on any atom is -0.375 e. The van der Waals surface area contributed by atoms with Crippen LogP contribution in [0.3, 0.4) is 0 Å². The molecule has 2 amide bonds. The van der Waals surface area contributed by atoms with Crippen LogP contribution in [0.5, 0.6) is 0 Å². The van der Waals surface area contributed by atoms with E-state index >= 15 is 0 Å². The van der Waals surface area contributed by atoms with Crippen LogP contribution in [0.25, 0.3) is 0 Å². The van der Waals surface area contributed by atoms with Crippen LogP contribution in [-0.2, 0) is 4.74 Å². The van der Waals surface area contributed by atoms with Crippen LogP contribution in [-0.4, -0.2) is 30.1 Å². The summed E-state index contributed by atoms with van der Waals surface area (Å²) < 4.78 is 5.65. The van der Waals surface area contributed by atoms with Crippen molar-refractivity contribution in [2.24, 2.45) is 0 Å². The van der Waals surface area contributed by atoms with Crippen molar-refractivity contribution in [3.05, 3.63) is 64.7 Å². The van der Waals surface area contributed by atoms with Crippen molar-refractivity contribution < 1.29 is 14.3 Å². The molecular formula is C30H39N3O3. The molecule has 0 bridgehead atoms. The highest BCUT2D eigenvalue weighted by Gasteiger charge is 2.29. The number of anilines is 1. The fraction of sp³-hybridized carbons (Fsp3) is 0.500. The largest absolute Gasteiger partial charge is 0.375 e. The number of nitriles is 1. The normalized spacial score (nSPS) is 19.2. The van der Waals surface area contributed by atoms with Crippen LogP contribution in [0.15, 0.2) is 42.5 Å². The predicted molar refractivity (Wildman–Crippen MR) is 143 cm³/mol. The number of urea groups is 1. The molecular weight excluding hydrogens is 450 g/mol. The number of hydrogen-bond acceptors (Lipinski definition) is 4. The molecule has 1 unspecified atom stereocenters. The van der Waals surface area contributed by atoms with E-state index in [2.05, 4.69) is 28.8 Å². The van der Waals surface area contributed by atoms with Crippen molar-refractivity contribution >= 4 is 17.5 Å². The lowest BCUT2D eigenvalue weighted by Crippen LogP contribution is -2.47. The van der Waals surface area contributed by atoms with Gasteiger partial charge in [-0.3, -0.25) is 4.79 Å². The lowest BCUT2D eigenvalue weighted by molar-refractivity contribution is -0.0609. The highest BCUT2D eigenvalue weighted by atomic mass is 16.5. The topological polar surface area (TPSA) is 91.2 Å². The van der Waals surface area contributed by atoms with E-state index in [0.29, 0.717) is 17.9 Å². The average Bonchev–Trinajstić information content (AvgIpc) is 2.85. The highest BCUT2D eigenvalue weighted by molar-refractivity contribution is 5.97. The Labute approximate surface area is 215 Å². The Morgan fingerprint density at radius 3 is 2.33 bits per heavy atom. The summed E-state index contributed by atoms with van der Waals surface area (Å²) in [4.78, 5) is 23.6. The number of nitrogens with one attached hydrogen (secondary N) is 2. The van der Waals surface area contributed by atoms with Gasteiger partial charge in [-0.2, -0.15) is 5.26 Å². The minimum absolute atomic E-state index is 0.0189. The number of benzene rings is 2. The van der Waals surface area contributed by atoms with Crippen molar-refractivity contribution in [3.63, 3.8) is 0 Å². The van der Waals surface area contributed by atoms with E-state index in [1.807, 2.05) is 39.0 Å². The quantitative estimate of drug-likeness (QED) is 0.458. The first kappa shape index (κ1) is 27.4. The first-order valence-electron chi connectivity index (χ1n) is 13.0. The molecule has 1 aliphatic carbocycles. The minimum atomic E-state index is -0.244. The maximum absolute atomic E-state index is 12.2. The van der Waals surface area contributed by atoms with Crippen LogP contribution in [0, 0.1) is 18.3 Å². The van der Waals surface area contributed by atoms with Gasteiger partial charge in [0.2, 0.25) is 0 Å². The molecule has 6 nitrogen and oxygen atoms in total. The van der Waals surface area contributed by atoms with Crippen LogP contribution >= 0.6 is 0 Å². The zero-order chi connectivity index (χ0) is 26.1. The average molecular weight is 490 g/mol. The van der Waals surface area contributed by atoms with E-state index in [-0.39, 0.29) is 23.5 Å². The lowest BCUT2D eigenvalue weighted by Gasteiger charge is -2.35. The van der Waals surface area contributed by atoms with E-state index in [4.69, 9.17) is 10.00 Å². The van der Waals surface area contributed by atoms with Gasteiger partial charge in [-0.15, -0.1) is 0 Å². The molecule has 2 aliphatic rings. The first-order chi connectivity index (χ1) is 17.2. The molecule has 1 aliphatic heterocycles. The number of rotatable bonds is 4. The Bertz CT molecular complexity index is 1080. The van der Waals surface area contributed by atoms with E-state index in [1.165, 1.54) is 44.6 Å². The maximum Gasteiger partial charge on any atom is 0.319 e. The Kier molecular flexibility index (Phi) is 9.66. The summed E-state index contributed by atoms with van der Waals surface area (Å²) in [7, 11) is 0. The Morgan fingerprint density at radius 1 is 1.03 bits per heavy atom. The van der Waals surface area contributed by atoms with E-state index in [9.17, 15) is 9.59 Å². The third-order valence-electron chi connectivity index (χ3n) is 7.04. The molecule has 36 heavy (non-hydrogen) atoms. The fourth-order valence-electron chi connectivity index (χ4n) is 4.94. The summed E-state index contributed by atoms with van der Waals surface area (Å²) in [5.41, 5.74) is 4.16. The van der Waals surface area contributed by atoms with Crippen molar-refractivity contribution in [1.82, 2.24) is 5.32 Å². The smallest absolute Gasteiger partial charge is 0.319 e. The van der Waals surface area contributed by atoms with E-state index in [1.54, 1.807) is 12.1 Å². The summed E-state index contributed by atoms with van der Waals surface area (Å²) in [5, 5.41) is 14.5. The van der Waals surface area contributed by atoms with Gasteiger partial charge in [0, 0.05) is 23.9 Å². The molecule has 1 saturated heterocycles. The second-order valence-corrected chi connectivity index (χ2v) is 10.6. The Hall–Kier alpha value is -3.17. The summed E-state index contributed by atoms with van der Waals surface area (Å²) in [5.74, 6) is 0.728. The number of amides is 2. The van der Waals surface area contributed by atoms with Crippen LogP contribution in [0.4, 0.5) is 10.5 Å². The second kappa shape index (κ2) is 12.7. The summed E-state index contributed by atoms with van der Waals surface area (Å²) >= 11 is 0. The number of carbonyl (C=O) groups excluding carboxylic acids is 2. The summed E-state index contributed by atoms with van der Waals surface area (Å²) in [6.45, 7) is 8.12. The summed E-state index contributed by atoms with van der Waals surface area (Å²) in [6, 6.07) is 15.4. The molecule has 2 aromatic rings. The van der Waals surface area contributed by atoms with Gasteiger partial charge in [0.05, 0.1) is 17.2 Å². The summed E-state index contributed by atoms with van der Waals surface area (Å²) in [6.07, 6.45) is 8.37. The molecule has 0 spiro atoms. The monoisotopic (exact) mass is 489 g/mol. The number of hydrogen-bond donors (Lipinski definition) is 2.